The lowest BCUT2D eigenvalue weighted by atomic mass is 10.2. The summed E-state index contributed by atoms with van der Waals surface area (Å²) in [6, 6.07) is 5.53. The molecule has 1 aromatic carbocycles. The number of halogens is 2. The van der Waals surface area contributed by atoms with Crippen molar-refractivity contribution in [3.05, 3.63) is 53.2 Å². The maximum atomic E-state index is 13.6. The average Bonchev–Trinajstić information content (AvgIpc) is 2.36. The maximum Gasteiger partial charge on any atom is 0.140 e. The van der Waals surface area contributed by atoms with E-state index in [1.165, 1.54) is 23.9 Å². The molecule has 0 fully saturated rings. The summed E-state index contributed by atoms with van der Waals surface area (Å²) in [7, 11) is 0. The smallest absolute Gasteiger partial charge is 0.140 e. The van der Waals surface area contributed by atoms with Crippen LogP contribution in [0.1, 0.15) is 11.1 Å². The highest BCUT2D eigenvalue weighted by molar-refractivity contribution is 7.99. The SMILES string of the molecule is Cc1cc(CCN)cnc1Sc1ccc(F)cc1F. The van der Waals surface area contributed by atoms with Crippen LogP contribution in [0.25, 0.3) is 0 Å². The number of nitrogens with zero attached hydrogens (tertiary/aromatic N) is 1. The first-order valence-electron chi connectivity index (χ1n) is 5.88. The molecule has 0 bridgehead atoms. The third kappa shape index (κ3) is 3.52. The van der Waals surface area contributed by atoms with Gasteiger partial charge in [-0.2, -0.15) is 0 Å². The van der Waals surface area contributed by atoms with Crippen LogP contribution in [0.4, 0.5) is 8.78 Å². The van der Waals surface area contributed by atoms with Crippen molar-refractivity contribution in [2.24, 2.45) is 5.73 Å². The van der Waals surface area contributed by atoms with Gasteiger partial charge in [0, 0.05) is 17.2 Å². The molecule has 0 amide bonds. The van der Waals surface area contributed by atoms with E-state index >= 15 is 0 Å². The second-order valence-corrected chi connectivity index (χ2v) is 5.21. The summed E-state index contributed by atoms with van der Waals surface area (Å²) in [6.45, 7) is 2.48. The summed E-state index contributed by atoms with van der Waals surface area (Å²) < 4.78 is 26.4. The topological polar surface area (TPSA) is 38.9 Å². The minimum absolute atomic E-state index is 0.364. The van der Waals surface area contributed by atoms with Crippen LogP contribution in [0, 0.1) is 18.6 Å². The molecule has 1 aromatic heterocycles. The molecule has 2 rings (SSSR count). The monoisotopic (exact) mass is 280 g/mol. The van der Waals surface area contributed by atoms with Crippen molar-refractivity contribution in [2.45, 2.75) is 23.3 Å². The van der Waals surface area contributed by atoms with Crippen LogP contribution in [0.3, 0.4) is 0 Å². The lowest BCUT2D eigenvalue weighted by molar-refractivity contribution is 0.565. The summed E-state index contributed by atoms with van der Waals surface area (Å²) in [5.74, 6) is -1.15. The van der Waals surface area contributed by atoms with Crippen molar-refractivity contribution >= 4 is 11.8 Å². The lowest BCUT2D eigenvalue weighted by Gasteiger charge is -2.07. The molecule has 0 atom stereocenters. The van der Waals surface area contributed by atoms with Crippen LogP contribution in [-0.2, 0) is 6.42 Å². The van der Waals surface area contributed by atoms with E-state index in [9.17, 15) is 8.78 Å². The number of hydrogen-bond acceptors (Lipinski definition) is 3. The van der Waals surface area contributed by atoms with E-state index in [-0.39, 0.29) is 0 Å². The number of nitrogens with two attached hydrogens (primary N) is 1. The first-order valence-corrected chi connectivity index (χ1v) is 6.70. The van der Waals surface area contributed by atoms with Gasteiger partial charge in [-0.15, -0.1) is 0 Å². The Hall–Kier alpha value is -1.46. The third-order valence-corrected chi connectivity index (χ3v) is 3.79. The van der Waals surface area contributed by atoms with Crippen LogP contribution < -0.4 is 5.73 Å². The van der Waals surface area contributed by atoms with E-state index in [1.807, 2.05) is 13.0 Å². The summed E-state index contributed by atoms with van der Waals surface area (Å²) in [5, 5.41) is 0.714. The fourth-order valence-corrected chi connectivity index (χ4v) is 2.52. The molecule has 2 nitrogen and oxygen atoms in total. The van der Waals surface area contributed by atoms with Crippen LogP contribution >= 0.6 is 11.8 Å². The fraction of sp³-hybridized carbons (Fsp3) is 0.214. The summed E-state index contributed by atoms with van der Waals surface area (Å²) in [4.78, 5) is 4.67. The van der Waals surface area contributed by atoms with E-state index < -0.39 is 11.6 Å². The van der Waals surface area contributed by atoms with Gasteiger partial charge in [0.2, 0.25) is 0 Å². The zero-order valence-electron chi connectivity index (χ0n) is 10.5. The van der Waals surface area contributed by atoms with Gasteiger partial charge < -0.3 is 5.73 Å². The minimum atomic E-state index is -0.579. The molecule has 0 saturated carbocycles. The molecule has 0 saturated heterocycles. The Morgan fingerprint density at radius 1 is 1.26 bits per heavy atom. The highest BCUT2D eigenvalue weighted by Gasteiger charge is 2.09. The van der Waals surface area contributed by atoms with Crippen LogP contribution in [0.5, 0.6) is 0 Å². The van der Waals surface area contributed by atoms with Crippen LogP contribution in [0.15, 0.2) is 40.4 Å². The highest BCUT2D eigenvalue weighted by atomic mass is 32.2. The van der Waals surface area contributed by atoms with Crippen molar-refractivity contribution in [3.63, 3.8) is 0 Å². The highest BCUT2D eigenvalue weighted by Crippen LogP contribution is 2.31. The Bertz CT molecular complexity index is 588. The molecule has 2 aromatic rings. The minimum Gasteiger partial charge on any atom is -0.330 e. The Kier molecular flexibility index (Phi) is 4.50. The molecule has 100 valence electrons. The van der Waals surface area contributed by atoms with Gasteiger partial charge in [-0.25, -0.2) is 13.8 Å². The Balaban J connectivity index is 2.23. The van der Waals surface area contributed by atoms with E-state index in [2.05, 4.69) is 4.98 Å². The second kappa shape index (κ2) is 6.12. The molecule has 1 heterocycles. The molecule has 0 aliphatic rings. The number of aryl methyl sites for hydroxylation is 1. The largest absolute Gasteiger partial charge is 0.330 e. The first-order chi connectivity index (χ1) is 9.10. The molecule has 0 unspecified atom stereocenters. The van der Waals surface area contributed by atoms with Crippen LogP contribution in [0.2, 0.25) is 0 Å². The van der Waals surface area contributed by atoms with E-state index in [4.69, 9.17) is 5.73 Å². The number of pyridine rings is 1. The standard InChI is InChI=1S/C14H14F2N2S/c1-9-6-10(4-5-17)8-18-14(9)19-13-3-2-11(15)7-12(13)16/h2-3,6-8H,4-5,17H2,1H3. The molecule has 5 heteroatoms. The van der Waals surface area contributed by atoms with Crippen molar-refractivity contribution in [1.82, 2.24) is 4.98 Å². The molecule has 2 N–H and O–H groups in total. The summed E-state index contributed by atoms with van der Waals surface area (Å²) in [5.41, 5.74) is 7.51. The van der Waals surface area contributed by atoms with E-state index in [0.717, 1.165) is 23.6 Å². The molecule has 0 spiro atoms. The predicted molar refractivity (Wildman–Crippen MR) is 72.2 cm³/mol. The van der Waals surface area contributed by atoms with E-state index in [1.54, 1.807) is 6.20 Å². The van der Waals surface area contributed by atoms with Crippen molar-refractivity contribution < 1.29 is 8.78 Å². The zero-order valence-corrected chi connectivity index (χ0v) is 11.3. The molecular weight excluding hydrogens is 266 g/mol. The van der Waals surface area contributed by atoms with Gasteiger partial charge in [-0.1, -0.05) is 17.8 Å². The van der Waals surface area contributed by atoms with Gasteiger partial charge in [-0.3, -0.25) is 0 Å². The molecular formula is C14H14F2N2S. The number of aromatic nitrogens is 1. The van der Waals surface area contributed by atoms with Gasteiger partial charge in [0.05, 0.1) is 0 Å². The van der Waals surface area contributed by atoms with Gasteiger partial charge in [0.1, 0.15) is 16.7 Å². The lowest BCUT2D eigenvalue weighted by Crippen LogP contribution is -2.03. The third-order valence-electron chi connectivity index (χ3n) is 2.62. The second-order valence-electron chi connectivity index (χ2n) is 4.18. The summed E-state index contributed by atoms with van der Waals surface area (Å²) in [6.07, 6.45) is 2.51. The molecule has 19 heavy (non-hydrogen) atoms. The van der Waals surface area contributed by atoms with Crippen LogP contribution in [-0.4, -0.2) is 11.5 Å². The van der Waals surface area contributed by atoms with E-state index in [0.29, 0.717) is 16.5 Å². The van der Waals surface area contributed by atoms with Gasteiger partial charge in [0.25, 0.3) is 0 Å². The predicted octanol–water partition coefficient (Wildman–Crippen LogP) is 3.32. The Labute approximate surface area is 115 Å². The Morgan fingerprint density at radius 3 is 2.68 bits per heavy atom. The summed E-state index contributed by atoms with van der Waals surface area (Å²) >= 11 is 1.19. The number of rotatable bonds is 4. The first kappa shape index (κ1) is 14.0. The van der Waals surface area contributed by atoms with Gasteiger partial charge in [0.15, 0.2) is 0 Å². The van der Waals surface area contributed by atoms with Crippen molar-refractivity contribution in [2.75, 3.05) is 6.54 Å². The average molecular weight is 280 g/mol. The van der Waals surface area contributed by atoms with Gasteiger partial charge in [-0.05, 0) is 43.1 Å². The molecule has 0 radical (unpaired) electrons. The number of benzene rings is 1. The number of hydrogen-bond donors (Lipinski definition) is 1. The Morgan fingerprint density at radius 2 is 2.05 bits per heavy atom. The maximum absolute atomic E-state index is 13.6. The van der Waals surface area contributed by atoms with Crippen molar-refractivity contribution in [3.8, 4) is 0 Å². The van der Waals surface area contributed by atoms with Gasteiger partial charge >= 0.3 is 0 Å². The fourth-order valence-electron chi connectivity index (χ4n) is 1.69. The molecule has 0 aliphatic heterocycles. The quantitative estimate of drug-likeness (QED) is 0.933. The van der Waals surface area contributed by atoms with Crippen molar-refractivity contribution in [1.29, 1.82) is 0 Å². The molecule has 0 aliphatic carbocycles. The normalized spacial score (nSPS) is 10.7. The zero-order chi connectivity index (χ0) is 13.8.